The molecular formula is C13H26ClN. The zero-order chi connectivity index (χ0) is 9.80. The van der Waals surface area contributed by atoms with Crippen LogP contribution >= 0.6 is 12.4 Å². The number of piperidine rings is 1. The minimum atomic E-state index is 0. The third-order valence-corrected chi connectivity index (χ3v) is 4.23. The molecule has 2 atom stereocenters. The third-order valence-electron chi connectivity index (χ3n) is 4.23. The maximum absolute atomic E-state index is 2.72. The lowest BCUT2D eigenvalue weighted by atomic mass is 9.80. The number of halogens is 1. The van der Waals surface area contributed by atoms with Gasteiger partial charge in [0.2, 0.25) is 0 Å². The van der Waals surface area contributed by atoms with E-state index in [1.807, 2.05) is 0 Å². The van der Waals surface area contributed by atoms with E-state index in [0.29, 0.717) is 0 Å². The average molecular weight is 232 g/mol. The Bertz CT molecular complexity index is 166. The van der Waals surface area contributed by atoms with Crippen molar-refractivity contribution >= 4 is 12.4 Å². The van der Waals surface area contributed by atoms with E-state index in [4.69, 9.17) is 0 Å². The topological polar surface area (TPSA) is 3.24 Å². The van der Waals surface area contributed by atoms with Crippen LogP contribution in [0, 0.1) is 11.8 Å². The molecular weight excluding hydrogens is 206 g/mol. The lowest BCUT2D eigenvalue weighted by molar-refractivity contribution is 0.142. The second-order valence-corrected chi connectivity index (χ2v) is 5.38. The van der Waals surface area contributed by atoms with Crippen molar-refractivity contribution in [1.82, 2.24) is 4.90 Å². The van der Waals surface area contributed by atoms with Crippen LogP contribution in [0.15, 0.2) is 0 Å². The molecule has 2 aliphatic rings. The second-order valence-electron chi connectivity index (χ2n) is 5.38. The molecule has 1 heterocycles. The van der Waals surface area contributed by atoms with Gasteiger partial charge in [0.25, 0.3) is 0 Å². The summed E-state index contributed by atoms with van der Waals surface area (Å²) in [5.74, 6) is 2.01. The van der Waals surface area contributed by atoms with Crippen LogP contribution in [-0.4, -0.2) is 24.5 Å². The minimum absolute atomic E-state index is 0. The van der Waals surface area contributed by atoms with Gasteiger partial charge in [-0.25, -0.2) is 0 Å². The number of hydrogen-bond donors (Lipinski definition) is 0. The van der Waals surface area contributed by atoms with Gasteiger partial charge < -0.3 is 4.90 Å². The molecule has 2 rings (SSSR count). The van der Waals surface area contributed by atoms with Gasteiger partial charge in [-0.1, -0.05) is 32.6 Å². The summed E-state index contributed by atoms with van der Waals surface area (Å²) in [6.07, 6.45) is 10.3. The van der Waals surface area contributed by atoms with Gasteiger partial charge in [-0.2, -0.15) is 0 Å². The zero-order valence-corrected chi connectivity index (χ0v) is 10.9. The molecule has 0 amide bonds. The summed E-state index contributed by atoms with van der Waals surface area (Å²) in [4.78, 5) is 2.72. The SMILES string of the molecule is CC1CCCCC1CN1CCCCC1.Cl. The van der Waals surface area contributed by atoms with Crippen molar-refractivity contribution in [3.63, 3.8) is 0 Å². The number of likely N-dealkylation sites (tertiary alicyclic amines) is 1. The molecule has 0 aromatic heterocycles. The van der Waals surface area contributed by atoms with E-state index in [2.05, 4.69) is 11.8 Å². The van der Waals surface area contributed by atoms with Crippen molar-refractivity contribution in [2.75, 3.05) is 19.6 Å². The first-order valence-electron chi connectivity index (χ1n) is 6.58. The molecule has 0 aromatic rings. The maximum Gasteiger partial charge on any atom is 0.00122 e. The van der Waals surface area contributed by atoms with E-state index in [0.717, 1.165) is 11.8 Å². The Morgan fingerprint density at radius 3 is 2.27 bits per heavy atom. The first-order chi connectivity index (χ1) is 6.86. The minimum Gasteiger partial charge on any atom is -0.303 e. The fourth-order valence-corrected chi connectivity index (χ4v) is 3.14. The molecule has 1 aliphatic heterocycles. The Morgan fingerprint density at radius 1 is 0.933 bits per heavy atom. The van der Waals surface area contributed by atoms with Gasteiger partial charge in [-0.15, -0.1) is 12.4 Å². The molecule has 1 aliphatic carbocycles. The Balaban J connectivity index is 0.00000112. The van der Waals surface area contributed by atoms with Crippen LogP contribution in [0.4, 0.5) is 0 Å². The lowest BCUT2D eigenvalue weighted by Crippen LogP contribution is -2.37. The highest BCUT2D eigenvalue weighted by Crippen LogP contribution is 2.30. The summed E-state index contributed by atoms with van der Waals surface area (Å²) >= 11 is 0. The van der Waals surface area contributed by atoms with E-state index < -0.39 is 0 Å². The summed E-state index contributed by atoms with van der Waals surface area (Å²) in [6.45, 7) is 6.63. The van der Waals surface area contributed by atoms with E-state index >= 15 is 0 Å². The average Bonchev–Trinajstić information content (AvgIpc) is 2.23. The molecule has 90 valence electrons. The zero-order valence-electron chi connectivity index (χ0n) is 10.1. The van der Waals surface area contributed by atoms with E-state index in [9.17, 15) is 0 Å². The van der Waals surface area contributed by atoms with Crippen molar-refractivity contribution in [3.05, 3.63) is 0 Å². The smallest absolute Gasteiger partial charge is 0.00122 e. The summed E-state index contributed by atoms with van der Waals surface area (Å²) in [5.41, 5.74) is 0. The second kappa shape index (κ2) is 6.75. The highest BCUT2D eigenvalue weighted by molar-refractivity contribution is 5.85. The van der Waals surface area contributed by atoms with Crippen molar-refractivity contribution < 1.29 is 0 Å². The Morgan fingerprint density at radius 2 is 1.60 bits per heavy atom. The van der Waals surface area contributed by atoms with Crippen LogP contribution in [0.25, 0.3) is 0 Å². The highest BCUT2D eigenvalue weighted by atomic mass is 35.5. The van der Waals surface area contributed by atoms with Crippen LogP contribution in [0.3, 0.4) is 0 Å². The Hall–Kier alpha value is 0.250. The Labute approximate surface area is 101 Å². The summed E-state index contributed by atoms with van der Waals surface area (Å²) in [6, 6.07) is 0. The van der Waals surface area contributed by atoms with Gasteiger partial charge >= 0.3 is 0 Å². The van der Waals surface area contributed by atoms with Gasteiger partial charge in [-0.05, 0) is 44.2 Å². The van der Waals surface area contributed by atoms with Crippen LogP contribution in [0.2, 0.25) is 0 Å². The van der Waals surface area contributed by atoms with Gasteiger partial charge in [0.15, 0.2) is 0 Å². The Kier molecular flexibility index (Phi) is 5.99. The van der Waals surface area contributed by atoms with Gasteiger partial charge in [0.1, 0.15) is 0 Å². The van der Waals surface area contributed by atoms with Crippen molar-refractivity contribution in [3.8, 4) is 0 Å². The van der Waals surface area contributed by atoms with Crippen LogP contribution < -0.4 is 0 Å². The molecule has 0 N–H and O–H groups in total. The molecule has 2 heteroatoms. The molecule has 0 aromatic carbocycles. The largest absolute Gasteiger partial charge is 0.303 e. The van der Waals surface area contributed by atoms with Gasteiger partial charge in [0.05, 0.1) is 0 Å². The molecule has 1 saturated carbocycles. The van der Waals surface area contributed by atoms with Crippen molar-refractivity contribution in [2.24, 2.45) is 11.8 Å². The predicted molar refractivity (Wildman–Crippen MR) is 68.7 cm³/mol. The standard InChI is InChI=1S/C13H25N.ClH/c1-12-7-3-4-8-13(12)11-14-9-5-2-6-10-14;/h12-13H,2-11H2,1H3;1H. The lowest BCUT2D eigenvalue weighted by Gasteiger charge is -2.35. The summed E-state index contributed by atoms with van der Waals surface area (Å²) in [5, 5.41) is 0. The molecule has 1 nitrogen and oxygen atoms in total. The van der Waals surface area contributed by atoms with E-state index in [-0.39, 0.29) is 12.4 Å². The molecule has 15 heavy (non-hydrogen) atoms. The fourth-order valence-electron chi connectivity index (χ4n) is 3.14. The molecule has 1 saturated heterocycles. The molecule has 0 spiro atoms. The molecule has 2 unspecified atom stereocenters. The quantitative estimate of drug-likeness (QED) is 0.700. The third kappa shape index (κ3) is 3.96. The van der Waals surface area contributed by atoms with Crippen LogP contribution in [0.5, 0.6) is 0 Å². The van der Waals surface area contributed by atoms with E-state index in [1.165, 1.54) is 64.6 Å². The van der Waals surface area contributed by atoms with Crippen LogP contribution in [0.1, 0.15) is 51.9 Å². The number of rotatable bonds is 2. The summed E-state index contributed by atoms with van der Waals surface area (Å²) < 4.78 is 0. The maximum atomic E-state index is 2.72. The summed E-state index contributed by atoms with van der Waals surface area (Å²) in [7, 11) is 0. The van der Waals surface area contributed by atoms with Gasteiger partial charge in [0, 0.05) is 6.54 Å². The molecule has 2 fully saturated rings. The highest BCUT2D eigenvalue weighted by Gasteiger charge is 2.23. The van der Waals surface area contributed by atoms with Crippen molar-refractivity contribution in [1.29, 1.82) is 0 Å². The molecule has 0 bridgehead atoms. The first kappa shape index (κ1) is 13.3. The number of hydrogen-bond acceptors (Lipinski definition) is 1. The molecule has 0 radical (unpaired) electrons. The van der Waals surface area contributed by atoms with Crippen LogP contribution in [-0.2, 0) is 0 Å². The fraction of sp³-hybridized carbons (Fsp3) is 1.00. The van der Waals surface area contributed by atoms with Gasteiger partial charge in [-0.3, -0.25) is 0 Å². The normalized spacial score (nSPS) is 33.4. The number of nitrogens with zero attached hydrogens (tertiary/aromatic N) is 1. The van der Waals surface area contributed by atoms with E-state index in [1.54, 1.807) is 0 Å². The monoisotopic (exact) mass is 231 g/mol. The first-order valence-corrected chi connectivity index (χ1v) is 6.58. The van der Waals surface area contributed by atoms with Crippen molar-refractivity contribution in [2.45, 2.75) is 51.9 Å². The predicted octanol–water partition coefficient (Wildman–Crippen LogP) is 3.72.